The molecule has 17 heavy (non-hydrogen) atoms. The van der Waals surface area contributed by atoms with Crippen LogP contribution in [0.1, 0.15) is 47.0 Å². The van der Waals surface area contributed by atoms with Gasteiger partial charge in [0.25, 0.3) is 0 Å². The van der Waals surface area contributed by atoms with Gasteiger partial charge in [-0.05, 0) is 43.6 Å². The molecule has 2 rings (SSSR count). The van der Waals surface area contributed by atoms with Gasteiger partial charge in [-0.25, -0.2) is 9.18 Å². The van der Waals surface area contributed by atoms with Gasteiger partial charge in [-0.1, -0.05) is 20.8 Å². The average Bonchev–Trinajstić information content (AvgIpc) is 2.49. The lowest BCUT2D eigenvalue weighted by Crippen LogP contribution is -2.42. The van der Waals surface area contributed by atoms with Crippen LogP contribution < -0.4 is 0 Å². The van der Waals surface area contributed by atoms with Gasteiger partial charge in [0.2, 0.25) is 0 Å². The van der Waals surface area contributed by atoms with Crippen LogP contribution in [0, 0.1) is 16.7 Å². The van der Waals surface area contributed by atoms with Gasteiger partial charge in [0.15, 0.2) is 0 Å². The van der Waals surface area contributed by atoms with E-state index in [1.165, 1.54) is 13.0 Å². The first-order valence-corrected chi connectivity index (χ1v) is 6.26. The van der Waals surface area contributed by atoms with Crippen molar-refractivity contribution in [2.45, 2.75) is 52.6 Å². The minimum absolute atomic E-state index is 0.0446. The number of fused-ring (bicyclic) bond motifs is 2. The summed E-state index contributed by atoms with van der Waals surface area (Å²) in [6.07, 6.45) is 3.75. The summed E-state index contributed by atoms with van der Waals surface area (Å²) in [4.78, 5) is 10.9. The van der Waals surface area contributed by atoms with Gasteiger partial charge in [-0.3, -0.25) is 0 Å². The van der Waals surface area contributed by atoms with E-state index in [9.17, 15) is 4.79 Å². The summed E-state index contributed by atoms with van der Waals surface area (Å²) in [6.45, 7) is 7.70. The molecule has 3 unspecified atom stereocenters. The van der Waals surface area contributed by atoms with Crippen LogP contribution in [0.4, 0.5) is 4.39 Å². The zero-order valence-corrected chi connectivity index (χ0v) is 11.0. The van der Waals surface area contributed by atoms with E-state index >= 15 is 4.39 Å². The number of alkyl halides is 1. The molecule has 96 valence electrons. The molecule has 3 atom stereocenters. The lowest BCUT2D eigenvalue weighted by molar-refractivity contribution is -0.132. The van der Waals surface area contributed by atoms with E-state index < -0.39 is 17.1 Å². The summed E-state index contributed by atoms with van der Waals surface area (Å²) in [5, 5.41) is 8.91. The predicted molar refractivity (Wildman–Crippen MR) is 64.5 cm³/mol. The molecule has 0 aliphatic heterocycles. The lowest BCUT2D eigenvalue weighted by atomic mass is 9.65. The number of hydrogen-bond acceptors (Lipinski definition) is 1. The fourth-order valence-corrected chi connectivity index (χ4v) is 3.90. The van der Waals surface area contributed by atoms with Crippen LogP contribution in [-0.4, -0.2) is 16.7 Å². The molecule has 0 amide bonds. The van der Waals surface area contributed by atoms with Crippen LogP contribution in [0.25, 0.3) is 0 Å². The van der Waals surface area contributed by atoms with Crippen molar-refractivity contribution in [1.29, 1.82) is 0 Å². The number of hydrogen-bond donors (Lipinski definition) is 1. The Labute approximate surface area is 102 Å². The number of halogens is 1. The van der Waals surface area contributed by atoms with E-state index in [-0.39, 0.29) is 11.0 Å². The number of carboxylic acid groups (broad SMARTS) is 1. The quantitative estimate of drug-likeness (QED) is 0.749. The number of carbonyl (C=O) groups is 1. The van der Waals surface area contributed by atoms with Gasteiger partial charge in [0.1, 0.15) is 5.67 Å². The summed E-state index contributed by atoms with van der Waals surface area (Å²) >= 11 is 0. The van der Waals surface area contributed by atoms with Crippen molar-refractivity contribution >= 4 is 5.97 Å². The maximum atomic E-state index is 15.2. The molecular weight excluding hydrogens is 219 g/mol. The number of aliphatic carboxylic acids is 1. The second-order valence-corrected chi connectivity index (χ2v) is 6.49. The highest BCUT2D eigenvalue weighted by atomic mass is 19.1. The molecule has 0 spiro atoms. The molecule has 0 heterocycles. The van der Waals surface area contributed by atoms with Gasteiger partial charge in [0.05, 0.1) is 0 Å². The van der Waals surface area contributed by atoms with E-state index in [0.29, 0.717) is 12.3 Å². The van der Waals surface area contributed by atoms with E-state index in [1.807, 2.05) is 6.92 Å². The smallest absolute Gasteiger partial charge is 0.331 e. The van der Waals surface area contributed by atoms with Crippen molar-refractivity contribution in [1.82, 2.24) is 0 Å². The molecule has 2 saturated carbocycles. The van der Waals surface area contributed by atoms with Crippen molar-refractivity contribution in [3.63, 3.8) is 0 Å². The summed E-state index contributed by atoms with van der Waals surface area (Å²) in [7, 11) is 0. The van der Waals surface area contributed by atoms with Crippen LogP contribution in [0.15, 0.2) is 11.6 Å². The Kier molecular flexibility index (Phi) is 2.47. The molecular formula is C14H21FO2. The highest BCUT2D eigenvalue weighted by molar-refractivity contribution is 5.86. The first-order valence-electron chi connectivity index (χ1n) is 6.26. The Hall–Kier alpha value is -0.860. The summed E-state index contributed by atoms with van der Waals surface area (Å²) in [6, 6.07) is 0. The second kappa shape index (κ2) is 3.33. The fraction of sp³-hybridized carbons (Fsp3) is 0.786. The van der Waals surface area contributed by atoms with Crippen molar-refractivity contribution in [2.75, 3.05) is 0 Å². The minimum Gasteiger partial charge on any atom is -0.478 e. The van der Waals surface area contributed by atoms with Crippen LogP contribution in [0.5, 0.6) is 0 Å². The Morgan fingerprint density at radius 3 is 2.35 bits per heavy atom. The Balaban J connectivity index is 2.43. The summed E-state index contributed by atoms with van der Waals surface area (Å²) in [5.41, 5.74) is -1.81. The molecule has 2 aliphatic carbocycles. The van der Waals surface area contributed by atoms with Crippen LogP contribution in [-0.2, 0) is 4.79 Å². The first kappa shape index (κ1) is 12.6. The molecule has 1 N–H and O–H groups in total. The third-order valence-corrected chi connectivity index (χ3v) is 5.68. The maximum Gasteiger partial charge on any atom is 0.331 e. The van der Waals surface area contributed by atoms with Crippen molar-refractivity contribution in [2.24, 2.45) is 16.7 Å². The monoisotopic (exact) mass is 240 g/mol. The Morgan fingerprint density at radius 2 is 2.00 bits per heavy atom. The van der Waals surface area contributed by atoms with E-state index in [2.05, 4.69) is 13.8 Å². The highest BCUT2D eigenvalue weighted by Gasteiger charge is 2.68. The largest absolute Gasteiger partial charge is 0.478 e. The number of rotatable bonds is 2. The Morgan fingerprint density at radius 1 is 1.41 bits per heavy atom. The van der Waals surface area contributed by atoms with E-state index in [1.54, 1.807) is 0 Å². The highest BCUT2D eigenvalue weighted by Crippen LogP contribution is 2.71. The van der Waals surface area contributed by atoms with Crippen molar-refractivity contribution in [3.8, 4) is 0 Å². The third-order valence-electron chi connectivity index (χ3n) is 5.68. The zero-order valence-electron chi connectivity index (χ0n) is 11.0. The number of carboxylic acids is 1. The fourth-order valence-electron chi connectivity index (χ4n) is 3.90. The van der Waals surface area contributed by atoms with Crippen LogP contribution >= 0.6 is 0 Å². The molecule has 0 saturated heterocycles. The van der Waals surface area contributed by atoms with Crippen molar-refractivity contribution < 1.29 is 14.3 Å². The molecule has 3 heteroatoms. The second-order valence-electron chi connectivity index (χ2n) is 6.49. The standard InChI is InChI=1S/C14H21FO2/c1-9(11(16)17)7-14(15)8-10-5-6-13(14,4)12(10,2)3/h7,10H,5-6,8H2,1-4H3,(H,16,17)/b9-7+. The topological polar surface area (TPSA) is 37.3 Å². The molecule has 0 radical (unpaired) electrons. The predicted octanol–water partition coefficient (Wildman–Crippen LogP) is 3.57. The van der Waals surface area contributed by atoms with Gasteiger partial charge in [-0.15, -0.1) is 0 Å². The number of allylic oxidation sites excluding steroid dienone is 1. The van der Waals surface area contributed by atoms with E-state index in [0.717, 1.165) is 12.8 Å². The normalized spacial score (nSPS) is 44.1. The van der Waals surface area contributed by atoms with Gasteiger partial charge < -0.3 is 5.11 Å². The minimum atomic E-state index is -1.46. The molecule has 0 aromatic carbocycles. The molecule has 0 aromatic rings. The molecule has 2 bridgehead atoms. The lowest BCUT2D eigenvalue weighted by Gasteiger charge is -2.42. The molecule has 2 aliphatic rings. The zero-order chi connectivity index (χ0) is 13.1. The van der Waals surface area contributed by atoms with Crippen molar-refractivity contribution in [3.05, 3.63) is 11.6 Å². The van der Waals surface area contributed by atoms with E-state index in [4.69, 9.17) is 5.11 Å². The Bertz CT molecular complexity index is 399. The summed E-state index contributed by atoms with van der Waals surface area (Å²) < 4.78 is 15.2. The van der Waals surface area contributed by atoms with Crippen LogP contribution in [0.3, 0.4) is 0 Å². The van der Waals surface area contributed by atoms with Gasteiger partial charge >= 0.3 is 5.97 Å². The third kappa shape index (κ3) is 1.40. The maximum absolute atomic E-state index is 15.2. The first-order chi connectivity index (χ1) is 7.64. The van der Waals surface area contributed by atoms with Gasteiger partial charge in [-0.2, -0.15) is 0 Å². The SMILES string of the molecule is C/C(=C\C1(F)CC2CCC1(C)C2(C)C)C(=O)O. The average molecular weight is 240 g/mol. The molecule has 2 nitrogen and oxygen atoms in total. The summed E-state index contributed by atoms with van der Waals surface area (Å²) in [5.74, 6) is -0.651. The van der Waals surface area contributed by atoms with Crippen LogP contribution in [0.2, 0.25) is 0 Å². The molecule has 0 aromatic heterocycles. The van der Waals surface area contributed by atoms with Gasteiger partial charge in [0, 0.05) is 11.0 Å². The molecule has 2 fully saturated rings.